The minimum absolute atomic E-state index is 0.333. The van der Waals surface area contributed by atoms with Gasteiger partial charge in [0.1, 0.15) is 11.6 Å². The Labute approximate surface area is 69.6 Å². The Kier molecular flexibility index (Phi) is 2.11. The van der Waals surface area contributed by atoms with E-state index in [9.17, 15) is 0 Å². The van der Waals surface area contributed by atoms with Crippen molar-refractivity contribution in [3.05, 3.63) is 10.4 Å². The van der Waals surface area contributed by atoms with E-state index in [0.717, 1.165) is 4.88 Å². The molecule has 0 saturated carbocycles. The van der Waals surface area contributed by atoms with Gasteiger partial charge in [-0.2, -0.15) is 9.64 Å². The Hall–Kier alpha value is -1.08. The minimum atomic E-state index is 0.333. The maximum absolute atomic E-state index is 8.67. The van der Waals surface area contributed by atoms with E-state index >= 15 is 0 Å². The molecule has 1 rings (SSSR count). The van der Waals surface area contributed by atoms with Crippen molar-refractivity contribution in [2.75, 3.05) is 5.73 Å². The van der Waals surface area contributed by atoms with E-state index in [-0.39, 0.29) is 0 Å². The quantitative estimate of drug-likeness (QED) is 0.692. The highest BCUT2D eigenvalue weighted by molar-refractivity contribution is 7.06. The largest absolute Gasteiger partial charge is 0.382 e. The molecule has 0 amide bonds. The van der Waals surface area contributed by atoms with Gasteiger partial charge in [0.05, 0.1) is 0 Å². The lowest BCUT2D eigenvalue weighted by Crippen LogP contribution is -1.90. The number of hydrogen-bond donors (Lipinski definition) is 1. The van der Waals surface area contributed by atoms with Gasteiger partial charge < -0.3 is 5.73 Å². The first-order chi connectivity index (χ1) is 5.16. The third-order valence-electron chi connectivity index (χ3n) is 1.38. The van der Waals surface area contributed by atoms with Gasteiger partial charge in [-0.1, -0.05) is 13.8 Å². The van der Waals surface area contributed by atoms with E-state index in [0.29, 0.717) is 17.3 Å². The summed E-state index contributed by atoms with van der Waals surface area (Å²) in [5.41, 5.74) is 6.01. The highest BCUT2D eigenvalue weighted by Crippen LogP contribution is 2.26. The number of rotatable bonds is 1. The Morgan fingerprint density at radius 3 is 2.64 bits per heavy atom. The molecule has 11 heavy (non-hydrogen) atoms. The number of nitriles is 1. The van der Waals surface area contributed by atoms with Crippen molar-refractivity contribution >= 4 is 17.4 Å². The van der Waals surface area contributed by atoms with Gasteiger partial charge in [0, 0.05) is 4.88 Å². The van der Waals surface area contributed by atoms with Crippen molar-refractivity contribution in [3.63, 3.8) is 0 Å². The zero-order chi connectivity index (χ0) is 8.43. The summed E-state index contributed by atoms with van der Waals surface area (Å²) in [5.74, 6) is 0.695. The molecule has 0 aliphatic rings. The molecule has 4 heteroatoms. The smallest absolute Gasteiger partial charge is 0.155 e. The summed E-state index contributed by atoms with van der Waals surface area (Å²) in [6.45, 7) is 4.04. The standard InChI is InChI=1S/C7H9N3S/c1-4(2)6-5(3-8)7(9)10-11-6/h4H,1-2H3,(H2,9,10). The van der Waals surface area contributed by atoms with Crippen LogP contribution < -0.4 is 5.73 Å². The summed E-state index contributed by atoms with van der Waals surface area (Å²) < 4.78 is 3.91. The van der Waals surface area contributed by atoms with Crippen LogP contribution >= 0.6 is 11.5 Å². The molecular weight excluding hydrogens is 158 g/mol. The highest BCUT2D eigenvalue weighted by Gasteiger charge is 2.12. The SMILES string of the molecule is CC(C)c1snc(N)c1C#N. The Balaban J connectivity index is 3.19. The van der Waals surface area contributed by atoms with Crippen molar-refractivity contribution in [2.24, 2.45) is 0 Å². The average molecular weight is 167 g/mol. The van der Waals surface area contributed by atoms with Crippen LogP contribution in [0.4, 0.5) is 5.82 Å². The molecule has 1 aromatic rings. The van der Waals surface area contributed by atoms with E-state index in [1.54, 1.807) is 0 Å². The number of aromatic nitrogens is 1. The lowest BCUT2D eigenvalue weighted by molar-refractivity contribution is 0.886. The van der Waals surface area contributed by atoms with Gasteiger partial charge in [-0.3, -0.25) is 0 Å². The number of hydrogen-bond acceptors (Lipinski definition) is 4. The van der Waals surface area contributed by atoms with Crippen LogP contribution in [-0.4, -0.2) is 4.37 Å². The highest BCUT2D eigenvalue weighted by atomic mass is 32.1. The molecule has 0 radical (unpaired) electrons. The Bertz CT molecular complexity index is 295. The summed E-state index contributed by atoms with van der Waals surface area (Å²) in [7, 11) is 0. The third kappa shape index (κ3) is 1.33. The molecule has 0 bridgehead atoms. The molecule has 0 fully saturated rings. The van der Waals surface area contributed by atoms with E-state index in [4.69, 9.17) is 11.0 Å². The number of nitrogens with zero attached hydrogens (tertiary/aromatic N) is 2. The lowest BCUT2D eigenvalue weighted by Gasteiger charge is -1.98. The molecule has 0 spiro atoms. The summed E-state index contributed by atoms with van der Waals surface area (Å²) >= 11 is 1.31. The summed E-state index contributed by atoms with van der Waals surface area (Å²) in [5, 5.41) is 8.67. The zero-order valence-electron chi connectivity index (χ0n) is 6.46. The summed E-state index contributed by atoms with van der Waals surface area (Å²) in [6.07, 6.45) is 0. The molecule has 2 N–H and O–H groups in total. The van der Waals surface area contributed by atoms with Crippen LogP contribution in [0.3, 0.4) is 0 Å². The van der Waals surface area contributed by atoms with Gasteiger partial charge in [-0.05, 0) is 17.5 Å². The summed E-state index contributed by atoms with van der Waals surface area (Å²) in [6, 6.07) is 2.05. The molecule has 0 aliphatic carbocycles. The van der Waals surface area contributed by atoms with Gasteiger partial charge in [-0.15, -0.1) is 0 Å². The maximum Gasteiger partial charge on any atom is 0.155 e. The molecule has 0 atom stereocenters. The average Bonchev–Trinajstić information content (AvgIpc) is 2.30. The van der Waals surface area contributed by atoms with Crippen molar-refractivity contribution < 1.29 is 0 Å². The minimum Gasteiger partial charge on any atom is -0.382 e. The van der Waals surface area contributed by atoms with Crippen LogP contribution in [0.15, 0.2) is 0 Å². The fourth-order valence-electron chi connectivity index (χ4n) is 0.822. The van der Waals surface area contributed by atoms with Crippen LogP contribution in [-0.2, 0) is 0 Å². The van der Waals surface area contributed by atoms with E-state index in [1.807, 2.05) is 19.9 Å². The van der Waals surface area contributed by atoms with Crippen LogP contribution in [0.1, 0.15) is 30.2 Å². The second-order valence-corrected chi connectivity index (χ2v) is 3.38. The molecule has 1 heterocycles. The van der Waals surface area contributed by atoms with E-state index < -0.39 is 0 Å². The second-order valence-electron chi connectivity index (χ2n) is 2.57. The molecular formula is C7H9N3S. The second kappa shape index (κ2) is 2.89. The topological polar surface area (TPSA) is 62.7 Å². The Morgan fingerprint density at radius 1 is 1.64 bits per heavy atom. The van der Waals surface area contributed by atoms with Crippen LogP contribution in [0.25, 0.3) is 0 Å². The normalized spacial score (nSPS) is 10.0. The summed E-state index contributed by atoms with van der Waals surface area (Å²) in [4.78, 5) is 0.977. The molecule has 0 aliphatic heterocycles. The molecule has 1 aromatic heterocycles. The molecule has 0 saturated heterocycles. The predicted molar refractivity (Wildman–Crippen MR) is 45.3 cm³/mol. The van der Waals surface area contributed by atoms with Gasteiger partial charge in [0.15, 0.2) is 5.82 Å². The Morgan fingerprint density at radius 2 is 2.27 bits per heavy atom. The van der Waals surface area contributed by atoms with Gasteiger partial charge in [-0.25, -0.2) is 0 Å². The first kappa shape index (κ1) is 8.02. The predicted octanol–water partition coefficient (Wildman–Crippen LogP) is 1.72. The van der Waals surface area contributed by atoms with Crippen LogP contribution in [0.2, 0.25) is 0 Å². The van der Waals surface area contributed by atoms with Crippen molar-refractivity contribution in [2.45, 2.75) is 19.8 Å². The maximum atomic E-state index is 8.67. The van der Waals surface area contributed by atoms with Gasteiger partial charge in [0.2, 0.25) is 0 Å². The van der Waals surface area contributed by atoms with Crippen LogP contribution in [0, 0.1) is 11.3 Å². The number of nitrogen functional groups attached to an aromatic ring is 1. The fraction of sp³-hybridized carbons (Fsp3) is 0.429. The fourth-order valence-corrected chi connectivity index (χ4v) is 1.56. The zero-order valence-corrected chi connectivity index (χ0v) is 7.27. The molecule has 0 unspecified atom stereocenters. The first-order valence-electron chi connectivity index (χ1n) is 3.32. The van der Waals surface area contributed by atoms with E-state index in [2.05, 4.69) is 4.37 Å². The number of anilines is 1. The molecule has 0 aromatic carbocycles. The van der Waals surface area contributed by atoms with Crippen LogP contribution in [0.5, 0.6) is 0 Å². The molecule has 3 nitrogen and oxygen atoms in total. The lowest BCUT2D eigenvalue weighted by atomic mass is 10.1. The number of nitrogens with two attached hydrogens (primary N) is 1. The molecule has 58 valence electrons. The van der Waals surface area contributed by atoms with E-state index in [1.165, 1.54) is 11.5 Å². The third-order valence-corrected chi connectivity index (χ3v) is 2.54. The first-order valence-corrected chi connectivity index (χ1v) is 4.09. The van der Waals surface area contributed by atoms with Gasteiger partial charge in [0.25, 0.3) is 0 Å². The van der Waals surface area contributed by atoms with Crippen molar-refractivity contribution in [1.29, 1.82) is 5.26 Å². The van der Waals surface area contributed by atoms with Crippen molar-refractivity contribution in [3.8, 4) is 6.07 Å². The van der Waals surface area contributed by atoms with Gasteiger partial charge >= 0.3 is 0 Å². The monoisotopic (exact) mass is 167 g/mol. The van der Waals surface area contributed by atoms with Crippen molar-refractivity contribution in [1.82, 2.24) is 4.37 Å².